The second-order valence-corrected chi connectivity index (χ2v) is 7.87. The van der Waals surface area contributed by atoms with Crippen LogP contribution in [-0.2, 0) is 4.79 Å². The van der Waals surface area contributed by atoms with Gasteiger partial charge >= 0.3 is 0 Å². The van der Waals surface area contributed by atoms with E-state index < -0.39 is 0 Å². The molecule has 0 aromatic heterocycles. The second kappa shape index (κ2) is 5.88. The van der Waals surface area contributed by atoms with Crippen molar-refractivity contribution in [3.8, 4) is 0 Å². The molecule has 4 heteroatoms. The molecule has 20 heavy (non-hydrogen) atoms. The smallest absolute Gasteiger partial charge is 0.244 e. The summed E-state index contributed by atoms with van der Waals surface area (Å²) in [4.78, 5) is 15.3. The minimum atomic E-state index is -0.184. The van der Waals surface area contributed by atoms with Gasteiger partial charge in [-0.05, 0) is 51.2 Å². The molecule has 0 radical (unpaired) electrons. The van der Waals surface area contributed by atoms with Crippen LogP contribution in [-0.4, -0.2) is 40.1 Å². The molecule has 1 heterocycles. The van der Waals surface area contributed by atoms with E-state index in [4.69, 9.17) is 0 Å². The van der Waals surface area contributed by atoms with Gasteiger partial charge in [-0.1, -0.05) is 19.8 Å². The molecule has 3 fully saturated rings. The number of rotatable bonds is 3. The van der Waals surface area contributed by atoms with Crippen molar-refractivity contribution in [3.63, 3.8) is 0 Å². The van der Waals surface area contributed by atoms with Gasteiger partial charge in [-0.25, -0.2) is 0 Å². The maximum absolute atomic E-state index is 13.0. The fourth-order valence-corrected chi connectivity index (χ4v) is 5.20. The van der Waals surface area contributed by atoms with Crippen LogP contribution in [0.15, 0.2) is 0 Å². The Balaban J connectivity index is 1.73. The summed E-state index contributed by atoms with van der Waals surface area (Å²) in [7, 11) is 0. The number of hydrogen-bond acceptors (Lipinski definition) is 3. The predicted octanol–water partition coefficient (Wildman–Crippen LogP) is 3.14. The average Bonchev–Trinajstić information content (AvgIpc) is 3.06. The number of nitrogens with one attached hydrogen (secondary N) is 1. The Morgan fingerprint density at radius 3 is 2.45 bits per heavy atom. The number of amides is 1. The quantitative estimate of drug-likeness (QED) is 0.868. The van der Waals surface area contributed by atoms with Crippen molar-refractivity contribution in [2.45, 2.75) is 87.7 Å². The van der Waals surface area contributed by atoms with Crippen LogP contribution < -0.4 is 5.32 Å². The fraction of sp³-hybridized carbons (Fsp3) is 0.938. The molecular weight excluding hydrogens is 268 g/mol. The topological polar surface area (TPSA) is 32.3 Å². The molecule has 1 spiro atoms. The molecule has 1 atom stereocenters. The van der Waals surface area contributed by atoms with Gasteiger partial charge in [0.05, 0.1) is 11.7 Å². The van der Waals surface area contributed by atoms with E-state index in [0.717, 1.165) is 24.5 Å². The number of carbonyl (C=O) groups excluding carboxylic acids is 1. The monoisotopic (exact) mass is 296 g/mol. The fourth-order valence-electron chi connectivity index (χ4n) is 4.45. The SMILES string of the molecule is CCC1NC2(CCCC2)C(=O)N1C1CCC(SC)CC1. The molecule has 3 nitrogen and oxygen atoms in total. The van der Waals surface area contributed by atoms with Crippen LogP contribution >= 0.6 is 11.8 Å². The zero-order valence-electron chi connectivity index (χ0n) is 12.9. The van der Waals surface area contributed by atoms with Crippen molar-refractivity contribution in [2.24, 2.45) is 0 Å². The molecule has 0 aromatic rings. The largest absolute Gasteiger partial charge is 0.323 e. The Morgan fingerprint density at radius 2 is 1.90 bits per heavy atom. The van der Waals surface area contributed by atoms with E-state index in [1.807, 2.05) is 11.8 Å². The average molecular weight is 296 g/mol. The number of nitrogens with zero attached hydrogens (tertiary/aromatic N) is 1. The lowest BCUT2D eigenvalue weighted by molar-refractivity contribution is -0.136. The summed E-state index contributed by atoms with van der Waals surface area (Å²) in [5, 5.41) is 4.53. The Labute approximate surface area is 127 Å². The first kappa shape index (κ1) is 14.7. The van der Waals surface area contributed by atoms with E-state index in [1.54, 1.807) is 0 Å². The summed E-state index contributed by atoms with van der Waals surface area (Å²) in [6, 6.07) is 0.489. The summed E-state index contributed by atoms with van der Waals surface area (Å²) in [6.45, 7) is 2.21. The Morgan fingerprint density at radius 1 is 1.25 bits per heavy atom. The number of hydrogen-bond donors (Lipinski definition) is 1. The number of carbonyl (C=O) groups is 1. The summed E-state index contributed by atoms with van der Waals surface area (Å²) < 4.78 is 0. The van der Waals surface area contributed by atoms with Crippen LogP contribution in [0.2, 0.25) is 0 Å². The van der Waals surface area contributed by atoms with E-state index in [-0.39, 0.29) is 11.7 Å². The molecule has 114 valence electrons. The first-order valence-electron chi connectivity index (χ1n) is 8.33. The highest BCUT2D eigenvalue weighted by molar-refractivity contribution is 7.99. The van der Waals surface area contributed by atoms with Crippen molar-refractivity contribution in [1.29, 1.82) is 0 Å². The summed E-state index contributed by atoms with van der Waals surface area (Å²) in [5.74, 6) is 0.425. The Hall–Kier alpha value is -0.220. The van der Waals surface area contributed by atoms with Crippen LogP contribution in [0.3, 0.4) is 0 Å². The van der Waals surface area contributed by atoms with E-state index in [0.29, 0.717) is 11.9 Å². The first-order chi connectivity index (χ1) is 9.70. The molecule has 2 aliphatic carbocycles. The molecule has 1 saturated heterocycles. The van der Waals surface area contributed by atoms with Gasteiger partial charge < -0.3 is 4.90 Å². The van der Waals surface area contributed by atoms with Crippen LogP contribution in [0.4, 0.5) is 0 Å². The second-order valence-electron chi connectivity index (χ2n) is 6.74. The van der Waals surface area contributed by atoms with Gasteiger partial charge in [-0.2, -0.15) is 11.8 Å². The van der Waals surface area contributed by atoms with Crippen molar-refractivity contribution >= 4 is 17.7 Å². The van der Waals surface area contributed by atoms with E-state index in [9.17, 15) is 4.79 Å². The van der Waals surface area contributed by atoms with Gasteiger partial charge in [0.2, 0.25) is 5.91 Å². The van der Waals surface area contributed by atoms with Crippen molar-refractivity contribution < 1.29 is 4.79 Å². The third-order valence-corrected chi connectivity index (χ3v) is 6.77. The molecule has 3 rings (SSSR count). The van der Waals surface area contributed by atoms with E-state index in [1.165, 1.54) is 38.5 Å². The number of thioether (sulfide) groups is 1. The third kappa shape index (κ3) is 2.39. The first-order valence-corrected chi connectivity index (χ1v) is 9.62. The highest BCUT2D eigenvalue weighted by Gasteiger charge is 2.53. The van der Waals surface area contributed by atoms with Crippen LogP contribution in [0.5, 0.6) is 0 Å². The highest BCUT2D eigenvalue weighted by Crippen LogP contribution is 2.40. The van der Waals surface area contributed by atoms with E-state index in [2.05, 4.69) is 23.4 Å². The zero-order valence-corrected chi connectivity index (χ0v) is 13.7. The van der Waals surface area contributed by atoms with Gasteiger partial charge in [-0.3, -0.25) is 10.1 Å². The normalized spacial score (nSPS) is 37.0. The maximum Gasteiger partial charge on any atom is 0.244 e. The van der Waals surface area contributed by atoms with Crippen molar-refractivity contribution in [2.75, 3.05) is 6.26 Å². The lowest BCUT2D eigenvalue weighted by atomic mass is 9.92. The lowest BCUT2D eigenvalue weighted by Crippen LogP contribution is -2.47. The molecule has 2 saturated carbocycles. The van der Waals surface area contributed by atoms with Gasteiger partial charge in [0.15, 0.2) is 0 Å². The van der Waals surface area contributed by atoms with Crippen LogP contribution in [0, 0.1) is 0 Å². The molecule has 1 amide bonds. The lowest BCUT2D eigenvalue weighted by Gasteiger charge is -2.37. The molecule has 0 bridgehead atoms. The molecule has 1 unspecified atom stereocenters. The maximum atomic E-state index is 13.0. The summed E-state index contributed by atoms with van der Waals surface area (Å²) >= 11 is 2.00. The van der Waals surface area contributed by atoms with Crippen molar-refractivity contribution in [3.05, 3.63) is 0 Å². The molecule has 1 N–H and O–H groups in total. The molecule has 0 aromatic carbocycles. The van der Waals surface area contributed by atoms with E-state index >= 15 is 0 Å². The van der Waals surface area contributed by atoms with Crippen LogP contribution in [0.25, 0.3) is 0 Å². The van der Waals surface area contributed by atoms with Gasteiger partial charge in [0, 0.05) is 11.3 Å². The zero-order chi connectivity index (χ0) is 14.2. The Kier molecular flexibility index (Phi) is 4.32. The summed E-state index contributed by atoms with van der Waals surface area (Å²) in [5.41, 5.74) is -0.184. The molecule has 1 aliphatic heterocycles. The highest BCUT2D eigenvalue weighted by atomic mass is 32.2. The predicted molar refractivity (Wildman–Crippen MR) is 84.8 cm³/mol. The summed E-state index contributed by atoms with van der Waals surface area (Å²) in [6.07, 6.45) is 13.0. The van der Waals surface area contributed by atoms with Crippen LogP contribution in [0.1, 0.15) is 64.7 Å². The van der Waals surface area contributed by atoms with Gasteiger partial charge in [0.25, 0.3) is 0 Å². The molecule has 3 aliphatic rings. The standard InChI is InChI=1S/C16H28N2OS/c1-3-14-17-16(10-4-5-11-16)15(19)18(14)12-6-8-13(20-2)9-7-12/h12-14,17H,3-11H2,1-2H3. The third-order valence-electron chi connectivity index (χ3n) is 5.64. The van der Waals surface area contributed by atoms with Gasteiger partial charge in [0.1, 0.15) is 0 Å². The minimum absolute atomic E-state index is 0.184. The minimum Gasteiger partial charge on any atom is -0.323 e. The van der Waals surface area contributed by atoms with Crippen molar-refractivity contribution in [1.82, 2.24) is 10.2 Å². The molecular formula is C16H28N2OS. The Bertz CT molecular complexity index is 359. The van der Waals surface area contributed by atoms with Gasteiger partial charge in [-0.15, -0.1) is 0 Å².